The average molecular weight is 563 g/mol. The van der Waals surface area contributed by atoms with Crippen molar-refractivity contribution in [3.8, 4) is 0 Å². The number of halogens is 3. The molecule has 0 saturated carbocycles. The maximum atomic E-state index is 13.8. The van der Waals surface area contributed by atoms with Crippen LogP contribution in [0.5, 0.6) is 0 Å². The first-order valence-corrected chi connectivity index (χ1v) is 12.7. The van der Waals surface area contributed by atoms with E-state index in [9.17, 15) is 14.0 Å². The number of hydrogen-bond donors (Lipinski definition) is 3. The van der Waals surface area contributed by atoms with Crippen LogP contribution in [0.1, 0.15) is 53.9 Å². The van der Waals surface area contributed by atoms with Gasteiger partial charge in [-0.1, -0.05) is 11.6 Å². The molecule has 1 aromatic carbocycles. The van der Waals surface area contributed by atoms with E-state index in [1.807, 2.05) is 6.07 Å². The molecule has 0 spiro atoms. The molecule has 2 aliphatic rings. The minimum absolute atomic E-state index is 0. The molecular weight excluding hydrogens is 542 g/mol. The largest absolute Gasteiger partial charge is 0.461 e. The summed E-state index contributed by atoms with van der Waals surface area (Å²) in [5, 5.41) is 4.37. The number of nitrogens with zero attached hydrogens (tertiary/aromatic N) is 1. The number of benzene rings is 1. The topological polar surface area (TPSA) is 113 Å². The Bertz CT molecular complexity index is 1530. The molecule has 0 radical (unpaired) electrons. The second-order valence-corrected chi connectivity index (χ2v) is 9.93. The third-order valence-electron chi connectivity index (χ3n) is 6.31. The van der Waals surface area contributed by atoms with Crippen LogP contribution >= 0.6 is 35.8 Å². The van der Waals surface area contributed by atoms with Crippen LogP contribution in [0, 0.1) is 5.82 Å². The van der Waals surface area contributed by atoms with E-state index in [-0.39, 0.29) is 29.8 Å². The van der Waals surface area contributed by atoms with Gasteiger partial charge >= 0.3 is 5.97 Å². The summed E-state index contributed by atoms with van der Waals surface area (Å²) in [4.78, 5) is 36.1. The first-order chi connectivity index (χ1) is 17.4. The van der Waals surface area contributed by atoms with Gasteiger partial charge in [0.15, 0.2) is 16.0 Å². The van der Waals surface area contributed by atoms with Gasteiger partial charge in [0.05, 0.1) is 34.3 Å². The van der Waals surface area contributed by atoms with Crippen LogP contribution in [-0.2, 0) is 9.53 Å². The third kappa shape index (κ3) is 4.43. The van der Waals surface area contributed by atoms with E-state index in [0.29, 0.717) is 56.8 Å². The molecule has 1 aliphatic heterocycles. The number of ketones is 1. The van der Waals surface area contributed by atoms with Gasteiger partial charge in [-0.05, 0) is 49.7 Å². The summed E-state index contributed by atoms with van der Waals surface area (Å²) in [6.07, 6.45) is 3.62. The van der Waals surface area contributed by atoms with Crippen molar-refractivity contribution in [2.75, 3.05) is 11.9 Å². The van der Waals surface area contributed by atoms with Crippen molar-refractivity contribution in [1.82, 2.24) is 15.0 Å². The van der Waals surface area contributed by atoms with E-state index < -0.39 is 17.7 Å². The number of H-pyrrole nitrogens is 2. The number of imidazole rings is 1. The number of Topliss-reactive ketones (excluding diaryl/α,β-unsaturated/α-hetero) is 1. The first kappa shape index (κ1) is 25.4. The molecule has 3 aromatic heterocycles. The summed E-state index contributed by atoms with van der Waals surface area (Å²) in [7, 11) is 0. The van der Waals surface area contributed by atoms with Gasteiger partial charge in [0, 0.05) is 35.5 Å². The highest BCUT2D eigenvalue weighted by atomic mass is 35.5. The summed E-state index contributed by atoms with van der Waals surface area (Å²) in [5.41, 5.74) is 4.19. The Morgan fingerprint density at radius 3 is 2.97 bits per heavy atom. The van der Waals surface area contributed by atoms with Gasteiger partial charge in [0.1, 0.15) is 17.3 Å². The van der Waals surface area contributed by atoms with Gasteiger partial charge < -0.3 is 24.4 Å². The Kier molecular flexibility index (Phi) is 6.82. The molecule has 1 unspecified atom stereocenters. The lowest BCUT2D eigenvalue weighted by Gasteiger charge is -2.31. The Morgan fingerprint density at radius 1 is 1.32 bits per heavy atom. The van der Waals surface area contributed by atoms with E-state index in [4.69, 9.17) is 20.8 Å². The maximum Gasteiger partial charge on any atom is 0.356 e. The molecule has 4 heterocycles. The standard InChI is InChI=1S/C25H20ClFN4O4S.ClH/c1-2-34-24(33)23-22-11(10-28-23)20(21-14(29-22)4-3-5-17(21)32)18-6-7-19(35-18)36-25-30-15-8-12(26)13(27)9-16(15)31-25;/h6-10,20,28-29H,2-5H2,1H3,(H,30,31);1H. The van der Waals surface area contributed by atoms with Gasteiger partial charge in [0.25, 0.3) is 0 Å². The van der Waals surface area contributed by atoms with Crippen LogP contribution in [0.2, 0.25) is 5.02 Å². The number of esters is 1. The van der Waals surface area contributed by atoms with Crippen molar-refractivity contribution in [2.45, 2.75) is 42.4 Å². The van der Waals surface area contributed by atoms with Crippen LogP contribution < -0.4 is 5.32 Å². The molecule has 8 nitrogen and oxygen atoms in total. The Morgan fingerprint density at radius 2 is 2.16 bits per heavy atom. The summed E-state index contributed by atoms with van der Waals surface area (Å²) in [6.45, 7) is 2.00. The van der Waals surface area contributed by atoms with Crippen molar-refractivity contribution in [3.63, 3.8) is 0 Å². The van der Waals surface area contributed by atoms with Crippen LogP contribution in [0.25, 0.3) is 11.0 Å². The molecule has 0 bridgehead atoms. The SMILES string of the molecule is CCOC(=O)c1[nH]cc2c1NC1=C(C(=O)CCC1)C2c1ccc(Sc2nc3cc(Cl)c(F)cc3[nH]2)o1.Cl. The molecule has 0 amide bonds. The molecular formula is C25H21Cl2FN4O4S. The number of anilines is 1. The zero-order valence-electron chi connectivity index (χ0n) is 19.4. The maximum absolute atomic E-state index is 13.8. The van der Waals surface area contributed by atoms with Crippen LogP contribution in [0.15, 0.2) is 56.4 Å². The number of fused-ring (bicyclic) bond motifs is 2. The molecule has 4 aromatic rings. The number of carbonyl (C=O) groups excluding carboxylic acids is 2. The van der Waals surface area contributed by atoms with Gasteiger partial charge in [-0.2, -0.15) is 0 Å². The highest BCUT2D eigenvalue weighted by Gasteiger charge is 2.39. The number of aromatic amines is 2. The number of furan rings is 1. The molecule has 0 fully saturated rings. The molecule has 12 heteroatoms. The molecule has 0 saturated heterocycles. The third-order valence-corrected chi connectivity index (χ3v) is 7.41. The van der Waals surface area contributed by atoms with Crippen molar-refractivity contribution in [1.29, 1.82) is 0 Å². The number of nitrogens with one attached hydrogen (secondary N) is 3. The van der Waals surface area contributed by atoms with E-state index in [2.05, 4.69) is 20.3 Å². The van der Waals surface area contributed by atoms with Gasteiger partial charge in [-0.15, -0.1) is 12.4 Å². The van der Waals surface area contributed by atoms with Crippen molar-refractivity contribution in [3.05, 3.63) is 69.6 Å². The Labute approximate surface area is 225 Å². The Hall–Kier alpha value is -3.21. The molecule has 1 atom stereocenters. The average Bonchev–Trinajstić information content (AvgIpc) is 3.57. The molecule has 3 N–H and O–H groups in total. The van der Waals surface area contributed by atoms with E-state index in [1.54, 1.807) is 19.2 Å². The number of ether oxygens (including phenoxy) is 1. The monoisotopic (exact) mass is 562 g/mol. The summed E-state index contributed by atoms with van der Waals surface area (Å²) >= 11 is 7.11. The van der Waals surface area contributed by atoms with Crippen molar-refractivity contribution >= 4 is 64.2 Å². The van der Waals surface area contributed by atoms with E-state index in [1.165, 1.54) is 23.9 Å². The minimum atomic E-state index is -0.527. The zero-order valence-corrected chi connectivity index (χ0v) is 21.8. The molecule has 6 rings (SSSR count). The lowest BCUT2D eigenvalue weighted by atomic mass is 9.78. The number of hydrogen-bond acceptors (Lipinski definition) is 7. The molecule has 1 aliphatic carbocycles. The van der Waals surface area contributed by atoms with Crippen LogP contribution in [-0.4, -0.2) is 33.3 Å². The van der Waals surface area contributed by atoms with Crippen LogP contribution in [0.3, 0.4) is 0 Å². The van der Waals surface area contributed by atoms with E-state index >= 15 is 0 Å². The van der Waals surface area contributed by atoms with Crippen molar-refractivity contribution in [2.24, 2.45) is 0 Å². The molecule has 37 heavy (non-hydrogen) atoms. The predicted molar refractivity (Wildman–Crippen MR) is 139 cm³/mol. The highest BCUT2D eigenvalue weighted by molar-refractivity contribution is 7.99. The summed E-state index contributed by atoms with van der Waals surface area (Å²) in [6, 6.07) is 6.39. The number of rotatable bonds is 5. The lowest BCUT2D eigenvalue weighted by Crippen LogP contribution is -2.26. The normalized spacial score (nSPS) is 16.7. The minimum Gasteiger partial charge on any atom is -0.461 e. The first-order valence-electron chi connectivity index (χ1n) is 11.5. The predicted octanol–water partition coefficient (Wildman–Crippen LogP) is 6.59. The van der Waals surface area contributed by atoms with Gasteiger partial charge in [0.2, 0.25) is 0 Å². The zero-order chi connectivity index (χ0) is 25.0. The quantitative estimate of drug-likeness (QED) is 0.235. The summed E-state index contributed by atoms with van der Waals surface area (Å²) in [5.74, 6) is -0.835. The summed E-state index contributed by atoms with van der Waals surface area (Å²) < 4.78 is 25.2. The van der Waals surface area contributed by atoms with Crippen LogP contribution in [0.4, 0.5) is 10.1 Å². The van der Waals surface area contributed by atoms with Gasteiger partial charge in [-0.3, -0.25) is 4.79 Å². The van der Waals surface area contributed by atoms with Crippen molar-refractivity contribution < 1.29 is 23.1 Å². The fourth-order valence-electron chi connectivity index (χ4n) is 4.77. The lowest BCUT2D eigenvalue weighted by molar-refractivity contribution is -0.116. The number of aromatic nitrogens is 3. The molecule has 192 valence electrons. The fraction of sp³-hybridized carbons (Fsp3) is 0.240. The second kappa shape index (κ2) is 9.92. The number of allylic oxidation sites excluding steroid dienone is 2. The van der Waals surface area contributed by atoms with Gasteiger partial charge in [-0.25, -0.2) is 14.2 Å². The van der Waals surface area contributed by atoms with E-state index in [0.717, 1.165) is 17.7 Å². The number of carbonyl (C=O) groups is 2. The second-order valence-electron chi connectivity index (χ2n) is 8.53. The Balaban J connectivity index is 0.00000280. The smallest absolute Gasteiger partial charge is 0.356 e. The fourth-order valence-corrected chi connectivity index (χ4v) is 5.69. The highest BCUT2D eigenvalue weighted by Crippen LogP contribution is 2.47.